The Balaban J connectivity index is 2.05. The molecule has 134 valence electrons. The van der Waals surface area contributed by atoms with Gasteiger partial charge in [-0.25, -0.2) is 0 Å². The van der Waals surface area contributed by atoms with Crippen LogP contribution >= 0.6 is 11.6 Å². The summed E-state index contributed by atoms with van der Waals surface area (Å²) in [4.78, 5) is 0. The van der Waals surface area contributed by atoms with Gasteiger partial charge >= 0.3 is 0 Å². The summed E-state index contributed by atoms with van der Waals surface area (Å²) in [6, 6.07) is 13.4. The summed E-state index contributed by atoms with van der Waals surface area (Å²) in [6.45, 7) is 6.66. The Morgan fingerprint density at radius 2 is 2.00 bits per heavy atom. The van der Waals surface area contributed by atoms with Crippen molar-refractivity contribution in [3.63, 3.8) is 0 Å². The van der Waals surface area contributed by atoms with Crippen molar-refractivity contribution in [2.24, 2.45) is 0 Å². The van der Waals surface area contributed by atoms with E-state index in [9.17, 15) is 5.11 Å². The number of quaternary nitrogens is 1. The molecule has 2 aromatic rings. The summed E-state index contributed by atoms with van der Waals surface area (Å²) in [6.07, 6.45) is 1.12. The van der Waals surface area contributed by atoms with E-state index in [-0.39, 0.29) is 6.04 Å². The summed E-state index contributed by atoms with van der Waals surface area (Å²) < 4.78 is 10.9. The van der Waals surface area contributed by atoms with Crippen LogP contribution in [0.4, 0.5) is 0 Å². The number of benzene rings is 2. The topological polar surface area (TPSA) is 55.3 Å². The molecule has 3 N–H and O–H groups in total. The summed E-state index contributed by atoms with van der Waals surface area (Å²) in [5.74, 6) is 1.11. The van der Waals surface area contributed by atoms with Crippen molar-refractivity contribution in [3.05, 3.63) is 71.3 Å². The first kappa shape index (κ1) is 19.3. The number of ether oxygens (including phenoxy) is 2. The van der Waals surface area contributed by atoms with Gasteiger partial charge in [-0.3, -0.25) is 0 Å². The average Bonchev–Trinajstić information content (AvgIpc) is 2.64. The lowest BCUT2D eigenvalue weighted by Gasteiger charge is -2.18. The first-order valence-corrected chi connectivity index (χ1v) is 8.61. The third-order valence-electron chi connectivity index (χ3n) is 4.00. The minimum atomic E-state index is -0.534. The summed E-state index contributed by atoms with van der Waals surface area (Å²) >= 11 is 6.32. The van der Waals surface area contributed by atoms with Crippen molar-refractivity contribution >= 4 is 11.6 Å². The second-order valence-corrected chi connectivity index (χ2v) is 6.27. The second-order valence-electron chi connectivity index (χ2n) is 5.86. The minimum absolute atomic E-state index is 0.00358. The molecule has 0 radical (unpaired) electrons. The maximum absolute atomic E-state index is 10.5. The van der Waals surface area contributed by atoms with Crippen LogP contribution < -0.4 is 14.8 Å². The first-order valence-electron chi connectivity index (χ1n) is 8.23. The molecule has 0 aliphatic rings. The number of nitrogens with two attached hydrogens (primary N) is 1. The molecule has 2 aromatic carbocycles. The van der Waals surface area contributed by atoms with Crippen molar-refractivity contribution in [3.8, 4) is 11.5 Å². The lowest BCUT2D eigenvalue weighted by atomic mass is 10.0. The molecule has 0 amide bonds. The maximum atomic E-state index is 10.5. The smallest absolute Gasteiger partial charge is 0.180 e. The van der Waals surface area contributed by atoms with E-state index in [0.29, 0.717) is 29.7 Å². The Hall–Kier alpha value is -2.01. The number of halogens is 1. The van der Waals surface area contributed by atoms with Gasteiger partial charge in [0.05, 0.1) is 12.1 Å². The van der Waals surface area contributed by atoms with Crippen LogP contribution in [0.15, 0.2) is 55.1 Å². The molecule has 0 fully saturated rings. The molecule has 2 atom stereocenters. The highest BCUT2D eigenvalue weighted by Crippen LogP contribution is 2.36. The molecule has 0 heterocycles. The molecule has 0 spiro atoms. The van der Waals surface area contributed by atoms with E-state index in [1.54, 1.807) is 13.2 Å². The van der Waals surface area contributed by atoms with Crippen LogP contribution in [0.25, 0.3) is 0 Å². The van der Waals surface area contributed by atoms with Crippen LogP contribution in [0.3, 0.4) is 0 Å². The van der Waals surface area contributed by atoms with Crippen molar-refractivity contribution < 1.29 is 19.9 Å². The van der Waals surface area contributed by atoms with Gasteiger partial charge in [-0.15, -0.1) is 0 Å². The second kappa shape index (κ2) is 9.47. The zero-order valence-corrected chi connectivity index (χ0v) is 15.4. The number of hydrogen-bond acceptors (Lipinski definition) is 3. The molecule has 0 aliphatic heterocycles. The number of hydrogen-bond donors (Lipinski definition) is 2. The standard InChI is InChI=1S/C20H24ClNO3/c1-4-10-25-20-17(21)11-15(12-18(20)24-3)13-22-14(2)19(23)16-8-6-5-7-9-16/h4-9,11-12,14,19,22-23H,1,10,13H2,2-3H3/p+1/t14-,19-/m1/s1. The van der Waals surface area contributed by atoms with Crippen molar-refractivity contribution in [2.75, 3.05) is 13.7 Å². The highest BCUT2D eigenvalue weighted by Gasteiger charge is 2.20. The largest absolute Gasteiger partial charge is 0.493 e. The Bertz CT molecular complexity index is 691. The van der Waals surface area contributed by atoms with Crippen LogP contribution in [0, 0.1) is 0 Å². The molecule has 0 unspecified atom stereocenters. The average molecular weight is 363 g/mol. The van der Waals surface area contributed by atoms with Gasteiger partial charge in [0.25, 0.3) is 0 Å². The fourth-order valence-corrected chi connectivity index (χ4v) is 2.87. The van der Waals surface area contributed by atoms with Crippen molar-refractivity contribution in [1.29, 1.82) is 0 Å². The molecule has 0 bridgehead atoms. The molecule has 0 aromatic heterocycles. The number of methoxy groups -OCH3 is 1. The first-order chi connectivity index (χ1) is 12.1. The minimum Gasteiger partial charge on any atom is -0.493 e. The predicted molar refractivity (Wildman–Crippen MR) is 100 cm³/mol. The third-order valence-corrected chi connectivity index (χ3v) is 4.28. The van der Waals surface area contributed by atoms with Crippen LogP contribution in [0.5, 0.6) is 11.5 Å². The van der Waals surface area contributed by atoms with Gasteiger partial charge in [-0.05, 0) is 24.6 Å². The highest BCUT2D eigenvalue weighted by atomic mass is 35.5. The van der Waals surface area contributed by atoms with Crippen molar-refractivity contribution in [2.45, 2.75) is 25.6 Å². The van der Waals surface area contributed by atoms with E-state index < -0.39 is 6.10 Å². The fourth-order valence-electron chi connectivity index (χ4n) is 2.58. The summed E-state index contributed by atoms with van der Waals surface area (Å²) in [7, 11) is 1.59. The van der Waals surface area contributed by atoms with Crippen LogP contribution in [-0.4, -0.2) is 24.9 Å². The van der Waals surface area contributed by atoms with Gasteiger partial charge in [0, 0.05) is 5.56 Å². The van der Waals surface area contributed by atoms with Gasteiger partial charge in [-0.1, -0.05) is 54.6 Å². The third kappa shape index (κ3) is 5.23. The summed E-state index contributed by atoms with van der Waals surface area (Å²) in [5, 5.41) is 13.0. The van der Waals surface area contributed by atoms with Gasteiger partial charge in [0.1, 0.15) is 25.3 Å². The number of aliphatic hydroxyl groups excluding tert-OH is 1. The van der Waals surface area contributed by atoms with Gasteiger partial charge in [-0.2, -0.15) is 0 Å². The number of rotatable bonds is 9. The predicted octanol–water partition coefficient (Wildman–Crippen LogP) is 3.10. The van der Waals surface area contributed by atoms with Crippen LogP contribution in [0.2, 0.25) is 5.02 Å². The zero-order valence-electron chi connectivity index (χ0n) is 14.6. The lowest BCUT2D eigenvalue weighted by Crippen LogP contribution is -2.88. The van der Waals surface area contributed by atoms with E-state index in [1.807, 2.05) is 49.4 Å². The number of aliphatic hydroxyl groups is 1. The monoisotopic (exact) mass is 362 g/mol. The Labute approximate surface area is 154 Å². The molecule has 2 rings (SSSR count). The van der Waals surface area contributed by atoms with Crippen molar-refractivity contribution in [1.82, 2.24) is 0 Å². The Morgan fingerprint density at radius 1 is 1.28 bits per heavy atom. The van der Waals surface area contributed by atoms with E-state index in [1.165, 1.54) is 0 Å². The lowest BCUT2D eigenvalue weighted by molar-refractivity contribution is -0.709. The molecule has 5 heteroatoms. The molecule has 0 saturated carbocycles. The van der Waals surface area contributed by atoms with E-state index >= 15 is 0 Å². The van der Waals surface area contributed by atoms with Crippen LogP contribution in [-0.2, 0) is 6.54 Å². The van der Waals surface area contributed by atoms with E-state index in [0.717, 1.165) is 11.1 Å². The molecule has 25 heavy (non-hydrogen) atoms. The normalized spacial score (nSPS) is 13.1. The quantitative estimate of drug-likeness (QED) is 0.674. The zero-order chi connectivity index (χ0) is 18.2. The Kier molecular flexibility index (Phi) is 7.31. The summed E-state index contributed by atoms with van der Waals surface area (Å²) in [5.41, 5.74) is 1.91. The van der Waals surface area contributed by atoms with Gasteiger partial charge in [0.2, 0.25) is 0 Å². The van der Waals surface area contributed by atoms with Gasteiger partial charge in [0.15, 0.2) is 11.5 Å². The maximum Gasteiger partial charge on any atom is 0.180 e. The van der Waals surface area contributed by atoms with E-state index in [4.69, 9.17) is 21.1 Å². The fraction of sp³-hybridized carbons (Fsp3) is 0.300. The SMILES string of the molecule is C=CCOc1c(Cl)cc(C[NH2+][C@H](C)[C@@H](O)c2ccccc2)cc1OC. The Morgan fingerprint density at radius 3 is 2.64 bits per heavy atom. The molecule has 0 saturated heterocycles. The van der Waals surface area contributed by atoms with Gasteiger partial charge < -0.3 is 19.9 Å². The molecule has 4 nitrogen and oxygen atoms in total. The van der Waals surface area contributed by atoms with Crippen LogP contribution in [0.1, 0.15) is 24.2 Å². The molecular formula is C20H25ClNO3+. The van der Waals surface area contributed by atoms with E-state index in [2.05, 4.69) is 11.9 Å². The molecular weight excluding hydrogens is 338 g/mol. The molecule has 0 aliphatic carbocycles. The highest BCUT2D eigenvalue weighted by molar-refractivity contribution is 6.32.